The minimum absolute atomic E-state index is 0.656. The van der Waals surface area contributed by atoms with E-state index in [1.165, 1.54) is 36.0 Å². The second-order valence-electron chi connectivity index (χ2n) is 10.1. The van der Waals surface area contributed by atoms with Crippen molar-refractivity contribution >= 4 is 6.29 Å². The number of benzene rings is 2. The van der Waals surface area contributed by atoms with Gasteiger partial charge in [0, 0.05) is 19.5 Å². The van der Waals surface area contributed by atoms with Gasteiger partial charge in [-0.15, -0.1) is 0 Å². The first kappa shape index (κ1) is 30.3. The summed E-state index contributed by atoms with van der Waals surface area (Å²) in [5.74, 6) is 0.656. The molecule has 1 atom stereocenters. The van der Waals surface area contributed by atoms with E-state index in [9.17, 15) is 4.79 Å². The molecule has 0 amide bonds. The molecule has 1 fully saturated rings. The quantitative estimate of drug-likeness (QED) is 0.291. The zero-order chi connectivity index (χ0) is 26.3. The summed E-state index contributed by atoms with van der Waals surface area (Å²) in [6.07, 6.45) is 9.79. The van der Waals surface area contributed by atoms with E-state index in [0.29, 0.717) is 12.3 Å². The highest BCUT2D eigenvalue weighted by atomic mass is 16.5. The number of aryl methyl sites for hydroxylation is 3. The number of nitrogens with zero attached hydrogens (tertiary/aromatic N) is 1. The highest BCUT2D eigenvalue weighted by Crippen LogP contribution is 2.41. The number of ether oxygens (including phenoxy) is 1. The first-order valence-electron chi connectivity index (χ1n) is 14.5. The van der Waals surface area contributed by atoms with Crippen LogP contribution in [0.15, 0.2) is 30.3 Å². The molecule has 3 nitrogen and oxygen atoms in total. The summed E-state index contributed by atoms with van der Waals surface area (Å²) in [6, 6.07) is 12.0. The average molecular weight is 494 g/mol. The van der Waals surface area contributed by atoms with Gasteiger partial charge < -0.3 is 9.53 Å². The van der Waals surface area contributed by atoms with Gasteiger partial charge in [0.05, 0.1) is 13.2 Å². The largest absolute Gasteiger partial charge is 0.379 e. The van der Waals surface area contributed by atoms with Crippen molar-refractivity contribution in [3.05, 3.63) is 58.1 Å². The molecule has 0 N–H and O–H groups in total. The van der Waals surface area contributed by atoms with Crippen LogP contribution in [-0.4, -0.2) is 44.0 Å². The SMILES string of the molecule is CCC.CCc1ccc2c(c1)[C@@H](C)CCc1ccc(CC)c(CC)c1-2.O=CCCCN1CCOCC1. The standard InChI is InChI=1S/C22H28.C8H15NO2.C3H8/c1-5-16-9-13-20-21(14-16)15(4)8-10-18-12-11-17(6-2)19(7-3)22(18)20;10-6-2-1-3-9-4-7-11-8-5-9;1-3-2/h9,11-15H,5-8,10H2,1-4H3;6H,1-5,7-8H2;3H2,1-2H3/t15-;;/m0../s1. The zero-order valence-electron chi connectivity index (χ0n) is 24.0. The van der Waals surface area contributed by atoms with Gasteiger partial charge >= 0.3 is 0 Å². The van der Waals surface area contributed by atoms with Crippen LogP contribution >= 0.6 is 0 Å². The van der Waals surface area contributed by atoms with Crippen LogP contribution in [0.4, 0.5) is 0 Å². The third-order valence-electron chi connectivity index (χ3n) is 7.30. The molecule has 1 aliphatic carbocycles. The number of carbonyl (C=O) groups excluding carboxylic acids is 1. The summed E-state index contributed by atoms with van der Waals surface area (Å²) in [4.78, 5) is 12.3. The van der Waals surface area contributed by atoms with Gasteiger partial charge in [0.25, 0.3) is 0 Å². The third-order valence-corrected chi connectivity index (χ3v) is 7.30. The molecule has 4 rings (SSSR count). The number of rotatable bonds is 7. The summed E-state index contributed by atoms with van der Waals surface area (Å²) in [7, 11) is 0. The van der Waals surface area contributed by atoms with Crippen molar-refractivity contribution in [2.45, 2.75) is 98.8 Å². The highest BCUT2D eigenvalue weighted by molar-refractivity contribution is 5.77. The Labute approximate surface area is 221 Å². The van der Waals surface area contributed by atoms with Gasteiger partial charge in [-0.3, -0.25) is 4.90 Å². The minimum atomic E-state index is 0.656. The van der Waals surface area contributed by atoms with Gasteiger partial charge in [-0.05, 0) is 89.9 Å². The Morgan fingerprint density at radius 1 is 0.972 bits per heavy atom. The molecule has 1 saturated heterocycles. The summed E-state index contributed by atoms with van der Waals surface area (Å²) in [5.41, 5.74) is 10.8. The van der Waals surface area contributed by atoms with E-state index in [2.05, 4.69) is 76.8 Å². The second kappa shape index (κ2) is 16.7. The molecule has 0 saturated carbocycles. The number of unbranched alkanes of at least 4 members (excludes halogenated alkanes) is 1. The van der Waals surface area contributed by atoms with Crippen LogP contribution in [0.3, 0.4) is 0 Å². The number of fused-ring (bicyclic) bond motifs is 3. The minimum Gasteiger partial charge on any atom is -0.379 e. The molecule has 0 unspecified atom stereocenters. The Balaban J connectivity index is 0.000000273. The highest BCUT2D eigenvalue weighted by Gasteiger charge is 2.22. The second-order valence-corrected chi connectivity index (χ2v) is 10.1. The molecule has 36 heavy (non-hydrogen) atoms. The van der Waals surface area contributed by atoms with E-state index in [4.69, 9.17) is 4.74 Å². The van der Waals surface area contributed by atoms with Crippen LogP contribution in [0, 0.1) is 0 Å². The first-order valence-corrected chi connectivity index (χ1v) is 14.5. The van der Waals surface area contributed by atoms with E-state index in [-0.39, 0.29) is 0 Å². The molecule has 0 aromatic heterocycles. The maximum absolute atomic E-state index is 10.0. The zero-order valence-corrected chi connectivity index (χ0v) is 24.0. The number of hydrogen-bond donors (Lipinski definition) is 0. The van der Waals surface area contributed by atoms with E-state index in [0.717, 1.165) is 64.8 Å². The molecule has 3 heteroatoms. The summed E-state index contributed by atoms with van der Waals surface area (Å²) in [5, 5.41) is 0. The Hall–Kier alpha value is -1.97. The van der Waals surface area contributed by atoms with Crippen LogP contribution < -0.4 is 0 Å². The maximum atomic E-state index is 10.0. The summed E-state index contributed by atoms with van der Waals surface area (Å²) >= 11 is 0. The van der Waals surface area contributed by atoms with Gasteiger partial charge in [-0.1, -0.05) is 78.3 Å². The number of aldehydes is 1. The third kappa shape index (κ3) is 8.56. The number of carbonyl (C=O) groups is 1. The fraction of sp³-hybridized carbons (Fsp3) is 0.606. The first-order chi connectivity index (χ1) is 17.5. The topological polar surface area (TPSA) is 29.5 Å². The van der Waals surface area contributed by atoms with E-state index in [1.807, 2.05) is 0 Å². The van der Waals surface area contributed by atoms with Crippen molar-refractivity contribution in [2.24, 2.45) is 0 Å². The van der Waals surface area contributed by atoms with Gasteiger partial charge in [-0.2, -0.15) is 0 Å². The maximum Gasteiger partial charge on any atom is 0.120 e. The van der Waals surface area contributed by atoms with Gasteiger partial charge in [0.15, 0.2) is 0 Å². The molecule has 2 aromatic rings. The molecule has 1 heterocycles. The fourth-order valence-electron chi connectivity index (χ4n) is 5.24. The lowest BCUT2D eigenvalue weighted by Gasteiger charge is -2.26. The normalized spacial score (nSPS) is 16.9. The van der Waals surface area contributed by atoms with Crippen molar-refractivity contribution in [3.63, 3.8) is 0 Å². The molecule has 0 bridgehead atoms. The van der Waals surface area contributed by atoms with Crippen LogP contribution in [0.5, 0.6) is 0 Å². The van der Waals surface area contributed by atoms with Crippen LogP contribution in [0.25, 0.3) is 11.1 Å². The number of hydrogen-bond acceptors (Lipinski definition) is 3. The predicted octanol–water partition coefficient (Wildman–Crippen LogP) is 7.80. The van der Waals surface area contributed by atoms with Crippen LogP contribution in [0.1, 0.15) is 101 Å². The lowest BCUT2D eigenvalue weighted by Crippen LogP contribution is -2.36. The average Bonchev–Trinajstić information content (AvgIpc) is 3.06. The molecular weight excluding hydrogens is 442 g/mol. The molecule has 1 aliphatic heterocycles. The Morgan fingerprint density at radius 2 is 1.69 bits per heavy atom. The van der Waals surface area contributed by atoms with Crippen LogP contribution in [-0.2, 0) is 35.2 Å². The fourth-order valence-corrected chi connectivity index (χ4v) is 5.24. The molecule has 2 aromatic carbocycles. The Kier molecular flexibility index (Phi) is 14.0. The van der Waals surface area contributed by atoms with Crippen molar-refractivity contribution in [2.75, 3.05) is 32.8 Å². The summed E-state index contributed by atoms with van der Waals surface area (Å²) in [6.45, 7) is 18.3. The van der Waals surface area contributed by atoms with Crippen molar-refractivity contribution in [1.29, 1.82) is 0 Å². The lowest BCUT2D eigenvalue weighted by molar-refractivity contribution is -0.108. The van der Waals surface area contributed by atoms with Gasteiger partial charge in [0.2, 0.25) is 0 Å². The van der Waals surface area contributed by atoms with Gasteiger partial charge in [0.1, 0.15) is 6.29 Å². The molecule has 200 valence electrons. The van der Waals surface area contributed by atoms with E-state index in [1.54, 1.807) is 22.3 Å². The van der Waals surface area contributed by atoms with Crippen LogP contribution in [0.2, 0.25) is 0 Å². The molecular formula is C33H51NO2. The summed E-state index contributed by atoms with van der Waals surface area (Å²) < 4.78 is 5.19. The smallest absolute Gasteiger partial charge is 0.120 e. The predicted molar refractivity (Wildman–Crippen MR) is 155 cm³/mol. The lowest BCUT2D eigenvalue weighted by atomic mass is 9.85. The number of morpholine rings is 1. The Morgan fingerprint density at radius 3 is 2.31 bits per heavy atom. The van der Waals surface area contributed by atoms with Crippen molar-refractivity contribution < 1.29 is 9.53 Å². The van der Waals surface area contributed by atoms with E-state index >= 15 is 0 Å². The van der Waals surface area contributed by atoms with Crippen molar-refractivity contribution in [3.8, 4) is 11.1 Å². The monoisotopic (exact) mass is 493 g/mol. The van der Waals surface area contributed by atoms with E-state index < -0.39 is 0 Å². The molecule has 0 radical (unpaired) electrons. The van der Waals surface area contributed by atoms with Gasteiger partial charge in [-0.25, -0.2) is 0 Å². The molecule has 0 spiro atoms. The van der Waals surface area contributed by atoms with Crippen molar-refractivity contribution in [1.82, 2.24) is 4.90 Å². The Bertz CT molecular complexity index is 914. The molecule has 2 aliphatic rings.